The molecule has 0 bridgehead atoms. The van der Waals surface area contributed by atoms with Gasteiger partial charge in [-0.1, -0.05) is 31.9 Å². The maximum Gasteiger partial charge on any atom is 0.177 e. The zero-order chi connectivity index (χ0) is 13.2. The van der Waals surface area contributed by atoms with E-state index in [1.807, 2.05) is 12.1 Å². The molecule has 1 unspecified atom stereocenters. The van der Waals surface area contributed by atoms with Gasteiger partial charge in [-0.05, 0) is 30.9 Å². The van der Waals surface area contributed by atoms with Crippen molar-refractivity contribution in [2.24, 2.45) is 5.92 Å². The lowest BCUT2D eigenvalue weighted by molar-refractivity contribution is 0.583. The van der Waals surface area contributed by atoms with Gasteiger partial charge < -0.3 is 5.32 Å². The number of sulfone groups is 1. The standard InChI is InChI=1S/C14H21NO2S/c1-3-12(10-11-8-9-11)15-13-6-4-5-7-14(13)18(2,16)17/h4-7,11-12,15H,3,8-10H2,1-2H3. The first-order valence-corrected chi connectivity index (χ1v) is 8.45. The number of benzene rings is 1. The zero-order valence-corrected chi connectivity index (χ0v) is 11.8. The Morgan fingerprint density at radius 3 is 2.56 bits per heavy atom. The molecule has 4 heteroatoms. The zero-order valence-electron chi connectivity index (χ0n) is 11.0. The van der Waals surface area contributed by atoms with Crippen molar-refractivity contribution in [3.05, 3.63) is 24.3 Å². The second kappa shape index (κ2) is 5.31. The third kappa shape index (κ3) is 3.48. The van der Waals surface area contributed by atoms with E-state index in [4.69, 9.17) is 0 Å². The summed E-state index contributed by atoms with van der Waals surface area (Å²) in [6, 6.07) is 7.54. The van der Waals surface area contributed by atoms with E-state index in [1.165, 1.54) is 19.1 Å². The molecule has 0 amide bonds. The fourth-order valence-electron chi connectivity index (χ4n) is 2.21. The summed E-state index contributed by atoms with van der Waals surface area (Å²) in [5, 5.41) is 3.40. The van der Waals surface area contributed by atoms with Gasteiger partial charge in [-0.25, -0.2) is 8.42 Å². The van der Waals surface area contributed by atoms with Crippen LogP contribution in [0, 0.1) is 5.92 Å². The lowest BCUT2D eigenvalue weighted by Gasteiger charge is -2.19. The van der Waals surface area contributed by atoms with Gasteiger partial charge in [0, 0.05) is 12.3 Å². The Labute approximate surface area is 110 Å². The summed E-state index contributed by atoms with van der Waals surface area (Å²) in [6.07, 6.45) is 6.08. The van der Waals surface area contributed by atoms with E-state index in [-0.39, 0.29) is 0 Å². The predicted molar refractivity (Wildman–Crippen MR) is 74.6 cm³/mol. The highest BCUT2D eigenvalue weighted by atomic mass is 32.2. The van der Waals surface area contributed by atoms with Crippen LogP contribution in [0.1, 0.15) is 32.6 Å². The molecule has 2 rings (SSSR count). The number of nitrogens with one attached hydrogen (secondary N) is 1. The first kappa shape index (κ1) is 13.4. The van der Waals surface area contributed by atoms with Crippen molar-refractivity contribution >= 4 is 15.5 Å². The molecule has 1 aliphatic rings. The van der Waals surface area contributed by atoms with E-state index in [0.717, 1.165) is 24.4 Å². The quantitative estimate of drug-likeness (QED) is 0.861. The van der Waals surface area contributed by atoms with Gasteiger partial charge in [-0.3, -0.25) is 0 Å². The monoisotopic (exact) mass is 267 g/mol. The molecule has 18 heavy (non-hydrogen) atoms. The van der Waals surface area contributed by atoms with Crippen LogP contribution in [0.4, 0.5) is 5.69 Å². The molecule has 1 aliphatic carbocycles. The molecule has 3 nitrogen and oxygen atoms in total. The van der Waals surface area contributed by atoms with Crippen LogP contribution in [-0.4, -0.2) is 20.7 Å². The van der Waals surface area contributed by atoms with E-state index in [2.05, 4.69) is 12.2 Å². The third-order valence-electron chi connectivity index (χ3n) is 3.45. The van der Waals surface area contributed by atoms with Crippen LogP contribution >= 0.6 is 0 Å². The van der Waals surface area contributed by atoms with Gasteiger partial charge in [0.05, 0.1) is 10.6 Å². The third-order valence-corrected chi connectivity index (χ3v) is 4.61. The van der Waals surface area contributed by atoms with E-state index < -0.39 is 9.84 Å². The number of hydrogen-bond acceptors (Lipinski definition) is 3. The maximum absolute atomic E-state index is 11.7. The van der Waals surface area contributed by atoms with Crippen LogP contribution in [0.25, 0.3) is 0 Å². The molecule has 1 N–H and O–H groups in total. The van der Waals surface area contributed by atoms with Crippen molar-refractivity contribution in [2.45, 2.75) is 43.5 Å². The molecule has 0 aromatic heterocycles. The molecular formula is C14H21NO2S. The summed E-state index contributed by atoms with van der Waals surface area (Å²) in [5.74, 6) is 0.841. The predicted octanol–water partition coefficient (Wildman–Crippen LogP) is 3.08. The van der Waals surface area contributed by atoms with Gasteiger partial charge in [-0.15, -0.1) is 0 Å². The van der Waals surface area contributed by atoms with Gasteiger partial charge in [-0.2, -0.15) is 0 Å². The molecule has 1 aromatic carbocycles. The molecular weight excluding hydrogens is 246 g/mol. The first-order valence-electron chi connectivity index (χ1n) is 6.56. The Bertz CT molecular complexity index is 506. The minimum absolute atomic E-state index is 0.375. The van der Waals surface area contributed by atoms with Crippen LogP contribution in [-0.2, 0) is 9.84 Å². The normalized spacial score (nSPS) is 17.4. The highest BCUT2D eigenvalue weighted by Crippen LogP contribution is 2.35. The number of anilines is 1. The minimum Gasteiger partial charge on any atom is -0.381 e. The molecule has 1 atom stereocenters. The Balaban J connectivity index is 2.16. The first-order chi connectivity index (χ1) is 8.50. The van der Waals surface area contributed by atoms with Crippen molar-refractivity contribution in [1.29, 1.82) is 0 Å². The average Bonchev–Trinajstić information content (AvgIpc) is 3.11. The lowest BCUT2D eigenvalue weighted by atomic mass is 10.1. The van der Waals surface area contributed by atoms with E-state index in [9.17, 15) is 8.42 Å². The van der Waals surface area contributed by atoms with Crippen molar-refractivity contribution < 1.29 is 8.42 Å². The molecule has 1 saturated carbocycles. The van der Waals surface area contributed by atoms with E-state index in [0.29, 0.717) is 10.9 Å². The second-order valence-electron chi connectivity index (χ2n) is 5.20. The van der Waals surface area contributed by atoms with Gasteiger partial charge in [0.25, 0.3) is 0 Å². The molecule has 1 fully saturated rings. The SMILES string of the molecule is CCC(CC1CC1)Nc1ccccc1S(C)(=O)=O. The van der Waals surface area contributed by atoms with Crippen LogP contribution in [0.2, 0.25) is 0 Å². The largest absolute Gasteiger partial charge is 0.381 e. The molecule has 1 aromatic rings. The molecule has 0 radical (unpaired) electrons. The lowest BCUT2D eigenvalue weighted by Crippen LogP contribution is -2.20. The summed E-state index contributed by atoms with van der Waals surface area (Å²) in [5.41, 5.74) is 0.743. The van der Waals surface area contributed by atoms with Gasteiger partial charge in [0.2, 0.25) is 0 Å². The molecule has 100 valence electrons. The van der Waals surface area contributed by atoms with Crippen LogP contribution in [0.5, 0.6) is 0 Å². The number of rotatable bonds is 6. The van der Waals surface area contributed by atoms with Gasteiger partial charge in [0.1, 0.15) is 0 Å². The Morgan fingerprint density at radius 1 is 1.33 bits per heavy atom. The second-order valence-corrected chi connectivity index (χ2v) is 7.18. The van der Waals surface area contributed by atoms with Crippen molar-refractivity contribution in [3.63, 3.8) is 0 Å². The molecule has 0 heterocycles. The van der Waals surface area contributed by atoms with Gasteiger partial charge in [0.15, 0.2) is 9.84 Å². The topological polar surface area (TPSA) is 46.2 Å². The van der Waals surface area contributed by atoms with Crippen LogP contribution < -0.4 is 5.32 Å². The van der Waals surface area contributed by atoms with Crippen molar-refractivity contribution in [1.82, 2.24) is 0 Å². The number of hydrogen-bond donors (Lipinski definition) is 1. The summed E-state index contributed by atoms with van der Waals surface area (Å²) in [6.45, 7) is 2.14. The smallest absolute Gasteiger partial charge is 0.177 e. The minimum atomic E-state index is -3.16. The number of para-hydroxylation sites is 1. The van der Waals surface area contributed by atoms with Crippen LogP contribution in [0.15, 0.2) is 29.2 Å². The fourth-order valence-corrected chi connectivity index (χ4v) is 3.06. The van der Waals surface area contributed by atoms with E-state index in [1.54, 1.807) is 12.1 Å². The average molecular weight is 267 g/mol. The molecule has 0 spiro atoms. The summed E-state index contributed by atoms with van der Waals surface area (Å²) >= 11 is 0. The molecule has 0 aliphatic heterocycles. The Morgan fingerprint density at radius 2 is 2.00 bits per heavy atom. The molecule has 0 saturated heterocycles. The fraction of sp³-hybridized carbons (Fsp3) is 0.571. The summed E-state index contributed by atoms with van der Waals surface area (Å²) in [4.78, 5) is 0.402. The van der Waals surface area contributed by atoms with Gasteiger partial charge >= 0.3 is 0 Å². The Hall–Kier alpha value is -1.03. The highest BCUT2D eigenvalue weighted by molar-refractivity contribution is 7.90. The summed E-state index contributed by atoms with van der Waals surface area (Å²) in [7, 11) is -3.16. The Kier molecular flexibility index (Phi) is 3.95. The maximum atomic E-state index is 11.7. The highest BCUT2D eigenvalue weighted by Gasteiger charge is 2.25. The van der Waals surface area contributed by atoms with Crippen molar-refractivity contribution in [2.75, 3.05) is 11.6 Å². The van der Waals surface area contributed by atoms with E-state index >= 15 is 0 Å². The van der Waals surface area contributed by atoms with Crippen LogP contribution in [0.3, 0.4) is 0 Å². The summed E-state index contributed by atoms with van der Waals surface area (Å²) < 4.78 is 23.4. The van der Waals surface area contributed by atoms with Crippen molar-refractivity contribution in [3.8, 4) is 0 Å².